The van der Waals surface area contributed by atoms with Gasteiger partial charge in [-0.05, 0) is 30.4 Å². The van der Waals surface area contributed by atoms with Gasteiger partial charge in [0.25, 0.3) is 5.91 Å². The second kappa shape index (κ2) is 6.32. The van der Waals surface area contributed by atoms with Gasteiger partial charge in [0.2, 0.25) is 5.91 Å². The van der Waals surface area contributed by atoms with Crippen molar-refractivity contribution in [1.82, 2.24) is 10.2 Å². The first-order chi connectivity index (χ1) is 10.6. The van der Waals surface area contributed by atoms with Crippen molar-refractivity contribution >= 4 is 23.6 Å². The summed E-state index contributed by atoms with van der Waals surface area (Å²) in [5, 5.41) is 3.01. The van der Waals surface area contributed by atoms with Crippen LogP contribution in [0.25, 0.3) is 0 Å². The molecule has 2 aliphatic rings. The first-order valence-electron chi connectivity index (χ1n) is 7.88. The number of rotatable bonds is 2. The van der Waals surface area contributed by atoms with Gasteiger partial charge in [-0.2, -0.15) is 11.8 Å². The van der Waals surface area contributed by atoms with Crippen molar-refractivity contribution in [3.05, 3.63) is 35.4 Å². The minimum atomic E-state index is -0.872. The quantitative estimate of drug-likeness (QED) is 0.906. The van der Waals surface area contributed by atoms with Gasteiger partial charge in [-0.1, -0.05) is 24.3 Å². The summed E-state index contributed by atoms with van der Waals surface area (Å²) in [5.74, 6) is 1.87. The Bertz CT molecular complexity index is 584. The molecule has 0 spiro atoms. The Balaban J connectivity index is 2.02. The van der Waals surface area contributed by atoms with Crippen LogP contribution in [0.15, 0.2) is 24.3 Å². The van der Waals surface area contributed by atoms with Crippen LogP contribution in [0.5, 0.6) is 0 Å². The highest BCUT2D eigenvalue weighted by Gasteiger charge is 2.46. The second-order valence-electron chi connectivity index (χ2n) is 6.00. The van der Waals surface area contributed by atoms with E-state index in [1.54, 1.807) is 0 Å². The summed E-state index contributed by atoms with van der Waals surface area (Å²) in [6.45, 7) is 3.04. The SMILES string of the molecule is CC(=O)N[C@]1(C(=O)N2CCSCC2)CCCc2ccccc21. The fourth-order valence-electron chi connectivity index (χ4n) is 3.58. The number of hydrogen-bond donors (Lipinski definition) is 1. The van der Waals surface area contributed by atoms with Crippen LogP contribution in [-0.4, -0.2) is 41.3 Å². The molecule has 1 saturated heterocycles. The maximum Gasteiger partial charge on any atom is 0.253 e. The van der Waals surface area contributed by atoms with Gasteiger partial charge in [-0.25, -0.2) is 0 Å². The summed E-state index contributed by atoms with van der Waals surface area (Å²) < 4.78 is 0. The van der Waals surface area contributed by atoms with Crippen molar-refractivity contribution in [2.75, 3.05) is 24.6 Å². The molecule has 0 unspecified atom stereocenters. The van der Waals surface area contributed by atoms with Gasteiger partial charge >= 0.3 is 0 Å². The number of nitrogens with one attached hydrogen (secondary N) is 1. The number of hydrogen-bond acceptors (Lipinski definition) is 3. The molecule has 2 amide bonds. The van der Waals surface area contributed by atoms with Crippen LogP contribution < -0.4 is 5.32 Å². The van der Waals surface area contributed by atoms with Crippen LogP contribution >= 0.6 is 11.8 Å². The van der Waals surface area contributed by atoms with E-state index in [4.69, 9.17) is 0 Å². The van der Waals surface area contributed by atoms with Crippen LogP contribution in [0.1, 0.15) is 30.9 Å². The van der Waals surface area contributed by atoms with E-state index in [0.717, 1.165) is 43.0 Å². The number of fused-ring (bicyclic) bond motifs is 1. The van der Waals surface area contributed by atoms with E-state index < -0.39 is 5.54 Å². The Hall–Kier alpha value is -1.49. The van der Waals surface area contributed by atoms with Crippen molar-refractivity contribution in [3.8, 4) is 0 Å². The summed E-state index contributed by atoms with van der Waals surface area (Å²) in [6.07, 6.45) is 2.58. The molecule has 1 aromatic carbocycles. The predicted molar refractivity (Wildman–Crippen MR) is 88.8 cm³/mol. The van der Waals surface area contributed by atoms with E-state index in [2.05, 4.69) is 11.4 Å². The first kappa shape index (κ1) is 15.4. The monoisotopic (exact) mass is 318 g/mol. The smallest absolute Gasteiger partial charge is 0.253 e. The largest absolute Gasteiger partial charge is 0.339 e. The zero-order chi connectivity index (χ0) is 15.6. The van der Waals surface area contributed by atoms with Crippen LogP contribution in [0.2, 0.25) is 0 Å². The lowest BCUT2D eigenvalue weighted by Gasteiger charge is -2.42. The zero-order valence-electron chi connectivity index (χ0n) is 12.9. The van der Waals surface area contributed by atoms with Crippen LogP contribution in [-0.2, 0) is 21.5 Å². The number of nitrogens with zero attached hydrogens (tertiary/aromatic N) is 1. The molecule has 1 aromatic rings. The van der Waals surface area contributed by atoms with Gasteiger partial charge in [-0.3, -0.25) is 9.59 Å². The molecule has 1 N–H and O–H groups in total. The Morgan fingerprint density at radius 2 is 1.95 bits per heavy atom. The topological polar surface area (TPSA) is 49.4 Å². The molecular weight excluding hydrogens is 296 g/mol. The van der Waals surface area contributed by atoms with Gasteiger partial charge in [-0.15, -0.1) is 0 Å². The van der Waals surface area contributed by atoms with E-state index in [-0.39, 0.29) is 11.8 Å². The second-order valence-corrected chi connectivity index (χ2v) is 7.23. The Labute approximate surface area is 135 Å². The average molecular weight is 318 g/mol. The molecular formula is C17H22N2O2S. The lowest BCUT2D eigenvalue weighted by atomic mass is 9.75. The summed E-state index contributed by atoms with van der Waals surface area (Å²) in [5.41, 5.74) is 1.30. The van der Waals surface area contributed by atoms with Crippen molar-refractivity contribution < 1.29 is 9.59 Å². The maximum atomic E-state index is 13.3. The summed E-state index contributed by atoms with van der Waals surface area (Å²) >= 11 is 1.88. The molecule has 0 saturated carbocycles. The van der Waals surface area contributed by atoms with E-state index >= 15 is 0 Å². The average Bonchev–Trinajstić information content (AvgIpc) is 2.55. The Kier molecular flexibility index (Phi) is 4.43. The third-order valence-electron chi connectivity index (χ3n) is 4.53. The minimum Gasteiger partial charge on any atom is -0.339 e. The molecule has 0 bridgehead atoms. The number of carbonyl (C=O) groups is 2. The highest BCUT2D eigenvalue weighted by Crippen LogP contribution is 2.37. The van der Waals surface area contributed by atoms with E-state index in [9.17, 15) is 9.59 Å². The highest BCUT2D eigenvalue weighted by molar-refractivity contribution is 7.99. The third kappa shape index (κ3) is 2.74. The molecule has 1 aliphatic heterocycles. The number of amides is 2. The summed E-state index contributed by atoms with van der Waals surface area (Å²) in [4.78, 5) is 27.0. The van der Waals surface area contributed by atoms with E-state index in [1.807, 2.05) is 34.9 Å². The summed E-state index contributed by atoms with van der Waals surface area (Å²) in [6, 6.07) is 8.04. The zero-order valence-corrected chi connectivity index (χ0v) is 13.7. The molecule has 118 valence electrons. The fourth-order valence-corrected chi connectivity index (χ4v) is 4.48. The van der Waals surface area contributed by atoms with E-state index in [0.29, 0.717) is 6.42 Å². The number of carbonyl (C=O) groups excluding carboxylic acids is 2. The molecule has 0 aromatic heterocycles. The molecule has 1 heterocycles. The van der Waals surface area contributed by atoms with Crippen LogP contribution in [0, 0.1) is 0 Å². The van der Waals surface area contributed by atoms with E-state index in [1.165, 1.54) is 12.5 Å². The molecule has 5 heteroatoms. The lowest BCUT2D eigenvalue weighted by molar-refractivity contribution is -0.142. The number of aryl methyl sites for hydroxylation is 1. The van der Waals surface area contributed by atoms with Crippen LogP contribution in [0.3, 0.4) is 0 Å². The van der Waals surface area contributed by atoms with Crippen molar-refractivity contribution in [2.24, 2.45) is 0 Å². The molecule has 22 heavy (non-hydrogen) atoms. The van der Waals surface area contributed by atoms with Crippen molar-refractivity contribution in [3.63, 3.8) is 0 Å². The molecule has 3 rings (SSSR count). The van der Waals surface area contributed by atoms with Gasteiger partial charge in [0.15, 0.2) is 0 Å². The third-order valence-corrected chi connectivity index (χ3v) is 5.47. The number of benzene rings is 1. The molecule has 4 nitrogen and oxygen atoms in total. The van der Waals surface area contributed by atoms with Crippen molar-refractivity contribution in [2.45, 2.75) is 31.7 Å². The minimum absolute atomic E-state index is 0.0650. The maximum absolute atomic E-state index is 13.3. The highest BCUT2D eigenvalue weighted by atomic mass is 32.2. The summed E-state index contributed by atoms with van der Waals surface area (Å²) in [7, 11) is 0. The normalized spacial score (nSPS) is 24.5. The van der Waals surface area contributed by atoms with Crippen molar-refractivity contribution in [1.29, 1.82) is 0 Å². The van der Waals surface area contributed by atoms with Gasteiger partial charge in [0.1, 0.15) is 5.54 Å². The van der Waals surface area contributed by atoms with Crippen LogP contribution in [0.4, 0.5) is 0 Å². The van der Waals surface area contributed by atoms with Gasteiger partial charge in [0.05, 0.1) is 0 Å². The van der Waals surface area contributed by atoms with Gasteiger partial charge in [0, 0.05) is 31.5 Å². The first-order valence-corrected chi connectivity index (χ1v) is 9.03. The lowest BCUT2D eigenvalue weighted by Crippen LogP contribution is -2.59. The number of thioether (sulfide) groups is 1. The fraction of sp³-hybridized carbons (Fsp3) is 0.529. The molecule has 1 fully saturated rings. The van der Waals surface area contributed by atoms with Gasteiger partial charge < -0.3 is 10.2 Å². The Morgan fingerprint density at radius 1 is 1.23 bits per heavy atom. The molecule has 1 aliphatic carbocycles. The standard InChI is InChI=1S/C17H22N2O2S/c1-13(20)18-17(16(21)19-9-11-22-12-10-19)8-4-6-14-5-2-3-7-15(14)17/h2-3,5,7H,4,6,8-12H2,1H3,(H,18,20)/t17-/m1/s1. The predicted octanol–water partition coefficient (Wildman–Crippen LogP) is 1.93. The molecule has 1 atom stereocenters. The molecule has 0 radical (unpaired) electrons. The Morgan fingerprint density at radius 3 is 2.68 bits per heavy atom.